The van der Waals surface area contributed by atoms with E-state index in [9.17, 15) is 15.2 Å². The van der Waals surface area contributed by atoms with E-state index in [0.717, 1.165) is 19.6 Å². The van der Waals surface area contributed by atoms with Gasteiger partial charge in [-0.3, -0.25) is 15.0 Å². The molecule has 1 saturated heterocycles. The smallest absolute Gasteiger partial charge is 0.269 e. The van der Waals surface area contributed by atoms with Crippen LogP contribution in [0.15, 0.2) is 54.6 Å². The van der Waals surface area contributed by atoms with E-state index in [0.29, 0.717) is 18.6 Å². The summed E-state index contributed by atoms with van der Waals surface area (Å²) in [5, 5.41) is 21.3. The van der Waals surface area contributed by atoms with Crippen LogP contribution in [-0.2, 0) is 6.54 Å². The number of piperidine rings is 1. The third-order valence-corrected chi connectivity index (χ3v) is 4.59. The van der Waals surface area contributed by atoms with Crippen molar-refractivity contribution in [2.24, 2.45) is 0 Å². The average Bonchev–Trinajstić information content (AvgIpc) is 2.63. The summed E-state index contributed by atoms with van der Waals surface area (Å²) in [5.41, 5.74) is 0.449. The van der Waals surface area contributed by atoms with Crippen molar-refractivity contribution in [3.8, 4) is 5.75 Å². The monoisotopic (exact) mass is 342 g/mol. The molecule has 1 N–H and O–H groups in total. The molecule has 0 unspecified atom stereocenters. The topological polar surface area (TPSA) is 75.8 Å². The van der Waals surface area contributed by atoms with Gasteiger partial charge in [-0.2, -0.15) is 0 Å². The Kier molecular flexibility index (Phi) is 5.31. The van der Waals surface area contributed by atoms with E-state index in [1.54, 1.807) is 12.1 Å². The zero-order valence-corrected chi connectivity index (χ0v) is 14.0. The van der Waals surface area contributed by atoms with Crippen LogP contribution in [0.5, 0.6) is 5.75 Å². The van der Waals surface area contributed by atoms with Crippen molar-refractivity contribution in [2.75, 3.05) is 19.7 Å². The van der Waals surface area contributed by atoms with E-state index in [1.165, 1.54) is 17.7 Å². The highest BCUT2D eigenvalue weighted by Gasteiger charge is 2.33. The Morgan fingerprint density at radius 1 is 1.08 bits per heavy atom. The molecule has 1 aliphatic rings. The number of nitro benzene ring substituents is 1. The molecule has 0 aliphatic carbocycles. The standard InChI is InChI=1S/C19H22N2O4/c22-19(15-25-18-8-6-17(7-9-18)21(23)24)10-12-20(13-11-19)14-16-4-2-1-3-5-16/h1-9,22H,10-15H2. The fraction of sp³-hybridized carbons (Fsp3) is 0.368. The quantitative estimate of drug-likeness (QED) is 0.645. The van der Waals surface area contributed by atoms with Gasteiger partial charge in [0.1, 0.15) is 18.0 Å². The maximum Gasteiger partial charge on any atom is 0.269 e. The third kappa shape index (κ3) is 4.78. The van der Waals surface area contributed by atoms with Crippen LogP contribution in [0.3, 0.4) is 0 Å². The first-order valence-corrected chi connectivity index (χ1v) is 8.40. The van der Waals surface area contributed by atoms with E-state index >= 15 is 0 Å². The van der Waals surface area contributed by atoms with Gasteiger partial charge in [-0.1, -0.05) is 30.3 Å². The lowest BCUT2D eigenvalue weighted by Crippen LogP contribution is -2.47. The molecule has 0 radical (unpaired) electrons. The van der Waals surface area contributed by atoms with Gasteiger partial charge < -0.3 is 9.84 Å². The SMILES string of the molecule is O=[N+]([O-])c1ccc(OCC2(O)CCN(Cc3ccccc3)CC2)cc1. The first kappa shape index (κ1) is 17.4. The molecule has 1 heterocycles. The fourth-order valence-electron chi connectivity index (χ4n) is 3.00. The number of likely N-dealkylation sites (tertiary alicyclic amines) is 1. The minimum absolute atomic E-state index is 0.0280. The Balaban J connectivity index is 1.48. The maximum absolute atomic E-state index is 10.7. The second-order valence-electron chi connectivity index (χ2n) is 6.53. The highest BCUT2D eigenvalue weighted by atomic mass is 16.6. The fourth-order valence-corrected chi connectivity index (χ4v) is 3.00. The molecule has 0 amide bonds. The number of nitro groups is 1. The Morgan fingerprint density at radius 2 is 1.72 bits per heavy atom. The average molecular weight is 342 g/mol. The summed E-state index contributed by atoms with van der Waals surface area (Å²) in [6, 6.07) is 16.2. The first-order chi connectivity index (χ1) is 12.0. The Labute approximate surface area is 146 Å². The van der Waals surface area contributed by atoms with Gasteiger partial charge in [0.05, 0.1) is 4.92 Å². The van der Waals surface area contributed by atoms with Crippen molar-refractivity contribution in [2.45, 2.75) is 25.0 Å². The van der Waals surface area contributed by atoms with Crippen LogP contribution in [0.1, 0.15) is 18.4 Å². The maximum atomic E-state index is 10.7. The lowest BCUT2D eigenvalue weighted by Gasteiger charge is -2.37. The lowest BCUT2D eigenvalue weighted by atomic mass is 9.92. The molecule has 0 aromatic heterocycles. The van der Waals surface area contributed by atoms with Crippen LogP contribution in [0.4, 0.5) is 5.69 Å². The number of benzene rings is 2. The summed E-state index contributed by atoms with van der Waals surface area (Å²) >= 11 is 0. The van der Waals surface area contributed by atoms with Gasteiger partial charge in [0.25, 0.3) is 5.69 Å². The normalized spacial score (nSPS) is 17.2. The van der Waals surface area contributed by atoms with Crippen molar-refractivity contribution in [3.05, 3.63) is 70.3 Å². The molecule has 132 valence electrons. The van der Waals surface area contributed by atoms with Crippen LogP contribution in [-0.4, -0.2) is 40.2 Å². The van der Waals surface area contributed by atoms with E-state index in [1.807, 2.05) is 18.2 Å². The van der Waals surface area contributed by atoms with Gasteiger partial charge in [-0.15, -0.1) is 0 Å². The molecule has 0 bridgehead atoms. The van der Waals surface area contributed by atoms with E-state index in [-0.39, 0.29) is 12.3 Å². The summed E-state index contributed by atoms with van der Waals surface area (Å²) in [4.78, 5) is 12.5. The van der Waals surface area contributed by atoms with E-state index < -0.39 is 10.5 Å². The Morgan fingerprint density at radius 3 is 2.32 bits per heavy atom. The molecular formula is C19H22N2O4. The number of ether oxygens (including phenoxy) is 1. The molecule has 25 heavy (non-hydrogen) atoms. The van der Waals surface area contributed by atoms with Crippen LogP contribution in [0.25, 0.3) is 0 Å². The minimum Gasteiger partial charge on any atom is -0.491 e. The first-order valence-electron chi connectivity index (χ1n) is 8.40. The summed E-state index contributed by atoms with van der Waals surface area (Å²) < 4.78 is 5.65. The molecule has 1 fully saturated rings. The highest BCUT2D eigenvalue weighted by molar-refractivity contribution is 5.36. The summed E-state index contributed by atoms with van der Waals surface area (Å²) in [7, 11) is 0. The number of hydrogen-bond donors (Lipinski definition) is 1. The van der Waals surface area contributed by atoms with Crippen LogP contribution < -0.4 is 4.74 Å². The van der Waals surface area contributed by atoms with Gasteiger partial charge in [0.15, 0.2) is 0 Å². The second kappa shape index (κ2) is 7.63. The third-order valence-electron chi connectivity index (χ3n) is 4.59. The number of nitrogens with zero attached hydrogens (tertiary/aromatic N) is 2. The van der Waals surface area contributed by atoms with Crippen molar-refractivity contribution in [1.82, 2.24) is 4.90 Å². The van der Waals surface area contributed by atoms with Crippen LogP contribution >= 0.6 is 0 Å². The van der Waals surface area contributed by atoms with Crippen molar-refractivity contribution < 1.29 is 14.8 Å². The molecule has 0 atom stereocenters. The van der Waals surface area contributed by atoms with Crippen molar-refractivity contribution in [3.63, 3.8) is 0 Å². The molecule has 2 aromatic rings. The number of hydrogen-bond acceptors (Lipinski definition) is 5. The summed E-state index contributed by atoms with van der Waals surface area (Å²) in [5.74, 6) is 0.533. The Hall–Kier alpha value is -2.44. The Bertz CT molecular complexity index is 695. The summed E-state index contributed by atoms with van der Waals surface area (Å²) in [6.45, 7) is 2.72. The second-order valence-corrected chi connectivity index (χ2v) is 6.53. The summed E-state index contributed by atoms with van der Waals surface area (Å²) in [6.07, 6.45) is 1.29. The predicted octanol–water partition coefficient (Wildman–Crippen LogP) is 3.00. The predicted molar refractivity (Wildman–Crippen MR) is 94.5 cm³/mol. The van der Waals surface area contributed by atoms with E-state index in [4.69, 9.17) is 4.74 Å². The lowest BCUT2D eigenvalue weighted by molar-refractivity contribution is -0.384. The van der Waals surface area contributed by atoms with Gasteiger partial charge in [0.2, 0.25) is 0 Å². The van der Waals surface area contributed by atoms with Crippen LogP contribution in [0, 0.1) is 10.1 Å². The molecule has 0 spiro atoms. The molecule has 3 rings (SSSR count). The number of rotatable bonds is 6. The molecular weight excluding hydrogens is 320 g/mol. The minimum atomic E-state index is -0.852. The van der Waals surface area contributed by atoms with Gasteiger partial charge in [0, 0.05) is 31.8 Å². The molecule has 6 heteroatoms. The zero-order chi connectivity index (χ0) is 17.7. The van der Waals surface area contributed by atoms with Gasteiger partial charge in [-0.05, 0) is 30.5 Å². The van der Waals surface area contributed by atoms with Gasteiger partial charge in [-0.25, -0.2) is 0 Å². The molecule has 0 saturated carbocycles. The molecule has 2 aromatic carbocycles. The molecule has 6 nitrogen and oxygen atoms in total. The van der Waals surface area contributed by atoms with Crippen molar-refractivity contribution in [1.29, 1.82) is 0 Å². The largest absolute Gasteiger partial charge is 0.491 e. The zero-order valence-electron chi connectivity index (χ0n) is 14.0. The number of non-ortho nitro benzene ring substituents is 1. The van der Waals surface area contributed by atoms with Crippen molar-refractivity contribution >= 4 is 5.69 Å². The van der Waals surface area contributed by atoms with Crippen LogP contribution in [0.2, 0.25) is 0 Å². The number of aliphatic hydroxyl groups is 1. The highest BCUT2D eigenvalue weighted by Crippen LogP contribution is 2.25. The van der Waals surface area contributed by atoms with Gasteiger partial charge >= 0.3 is 0 Å². The molecule has 1 aliphatic heterocycles. The van der Waals surface area contributed by atoms with E-state index in [2.05, 4.69) is 17.0 Å².